The molecule has 0 amide bonds. The van der Waals surface area contributed by atoms with E-state index < -0.39 is 12.3 Å². The minimum Gasteiger partial charge on any atom is -0.428 e. The predicted octanol–water partition coefficient (Wildman–Crippen LogP) is 3.67. The maximum absolute atomic E-state index is 11.4. The van der Waals surface area contributed by atoms with E-state index in [9.17, 15) is 9.90 Å². The molecule has 20 heavy (non-hydrogen) atoms. The molecule has 0 fully saturated rings. The van der Waals surface area contributed by atoms with Crippen LogP contribution in [0.15, 0.2) is 42.5 Å². The summed E-state index contributed by atoms with van der Waals surface area (Å²) in [6, 6.07) is 12.7. The summed E-state index contributed by atoms with van der Waals surface area (Å²) >= 11 is 5.82. The van der Waals surface area contributed by atoms with Gasteiger partial charge in [-0.3, -0.25) is 0 Å². The van der Waals surface area contributed by atoms with Crippen LogP contribution in [-0.4, -0.2) is 11.1 Å². The average Bonchev–Trinajstić information content (AvgIpc) is 2.73. The van der Waals surface area contributed by atoms with Crippen molar-refractivity contribution in [1.29, 1.82) is 0 Å². The number of ether oxygens (including phenoxy) is 1. The van der Waals surface area contributed by atoms with Crippen LogP contribution < -0.4 is 0 Å². The van der Waals surface area contributed by atoms with Crippen molar-refractivity contribution in [3.63, 3.8) is 0 Å². The molecule has 1 heterocycles. The molecule has 100 valence electrons. The summed E-state index contributed by atoms with van der Waals surface area (Å²) in [6.07, 6.45) is 2.67. The molecule has 0 radical (unpaired) electrons. The fourth-order valence-electron chi connectivity index (χ4n) is 2.07. The molecule has 1 N–H and O–H groups in total. The first-order valence-corrected chi connectivity index (χ1v) is 6.48. The zero-order chi connectivity index (χ0) is 14.1. The molecular formula is C16H11ClO3. The van der Waals surface area contributed by atoms with Crippen LogP contribution in [0, 0.1) is 0 Å². The van der Waals surface area contributed by atoms with Crippen molar-refractivity contribution in [2.75, 3.05) is 0 Å². The Morgan fingerprint density at radius 2 is 1.70 bits per heavy atom. The van der Waals surface area contributed by atoms with Crippen LogP contribution in [0.2, 0.25) is 5.02 Å². The summed E-state index contributed by atoms with van der Waals surface area (Å²) in [7, 11) is 0. The Labute approximate surface area is 121 Å². The van der Waals surface area contributed by atoms with Gasteiger partial charge in [0, 0.05) is 10.6 Å². The number of halogens is 1. The number of cyclic esters (lactones) is 1. The van der Waals surface area contributed by atoms with Crippen LogP contribution in [0.5, 0.6) is 0 Å². The van der Waals surface area contributed by atoms with E-state index in [4.69, 9.17) is 16.3 Å². The van der Waals surface area contributed by atoms with Crippen LogP contribution in [0.4, 0.5) is 0 Å². The SMILES string of the molecule is O=C1OC(O)c2cc(C=Cc3ccc(Cl)cc3)ccc21. The molecule has 0 saturated carbocycles. The van der Waals surface area contributed by atoms with Gasteiger partial charge in [0.15, 0.2) is 0 Å². The number of benzene rings is 2. The molecule has 1 aliphatic rings. The van der Waals surface area contributed by atoms with Gasteiger partial charge in [0.1, 0.15) is 0 Å². The Morgan fingerprint density at radius 1 is 1.05 bits per heavy atom. The van der Waals surface area contributed by atoms with Crippen LogP contribution in [0.1, 0.15) is 33.3 Å². The van der Waals surface area contributed by atoms with Gasteiger partial charge in [-0.15, -0.1) is 0 Å². The second-order valence-corrected chi connectivity index (χ2v) is 4.93. The molecule has 1 atom stereocenters. The Morgan fingerprint density at radius 3 is 2.45 bits per heavy atom. The fraction of sp³-hybridized carbons (Fsp3) is 0.0625. The fourth-order valence-corrected chi connectivity index (χ4v) is 2.20. The number of esters is 1. The molecule has 2 aromatic rings. The van der Waals surface area contributed by atoms with Crippen LogP contribution in [0.3, 0.4) is 0 Å². The lowest BCUT2D eigenvalue weighted by Gasteiger charge is -2.02. The van der Waals surface area contributed by atoms with E-state index in [0.29, 0.717) is 16.1 Å². The minimum atomic E-state index is -1.17. The minimum absolute atomic E-state index is 0.418. The normalized spacial score (nSPS) is 17.3. The lowest BCUT2D eigenvalue weighted by Crippen LogP contribution is -1.95. The van der Waals surface area contributed by atoms with Gasteiger partial charge in [0.2, 0.25) is 6.29 Å². The van der Waals surface area contributed by atoms with E-state index in [1.54, 1.807) is 12.1 Å². The standard InChI is InChI=1S/C16H11ClO3/c17-12-6-3-10(4-7-12)1-2-11-5-8-13-14(9-11)16(19)20-15(13)18/h1-9,16,19H. The molecule has 0 aromatic heterocycles. The molecule has 0 spiro atoms. The predicted molar refractivity (Wildman–Crippen MR) is 77.2 cm³/mol. The molecule has 0 aliphatic carbocycles. The van der Waals surface area contributed by atoms with E-state index >= 15 is 0 Å². The molecule has 4 heteroatoms. The molecule has 0 bridgehead atoms. The summed E-state index contributed by atoms with van der Waals surface area (Å²) in [4.78, 5) is 11.4. The number of fused-ring (bicyclic) bond motifs is 1. The highest BCUT2D eigenvalue weighted by Gasteiger charge is 2.29. The zero-order valence-corrected chi connectivity index (χ0v) is 11.2. The van der Waals surface area contributed by atoms with Gasteiger partial charge in [0.25, 0.3) is 0 Å². The number of carbonyl (C=O) groups excluding carboxylic acids is 1. The molecule has 3 nitrogen and oxygen atoms in total. The molecule has 1 aliphatic heterocycles. The first kappa shape index (κ1) is 12.9. The van der Waals surface area contributed by atoms with Gasteiger partial charge in [-0.2, -0.15) is 0 Å². The van der Waals surface area contributed by atoms with E-state index in [2.05, 4.69) is 0 Å². The molecule has 3 rings (SSSR count). The first-order valence-electron chi connectivity index (χ1n) is 6.10. The third-order valence-electron chi connectivity index (χ3n) is 3.12. The maximum atomic E-state index is 11.4. The van der Waals surface area contributed by atoms with Crippen LogP contribution in [-0.2, 0) is 4.74 Å². The number of rotatable bonds is 2. The van der Waals surface area contributed by atoms with Crippen molar-refractivity contribution < 1.29 is 14.6 Å². The lowest BCUT2D eigenvalue weighted by atomic mass is 10.0. The number of aliphatic hydroxyl groups excluding tert-OH is 1. The van der Waals surface area contributed by atoms with E-state index in [0.717, 1.165) is 11.1 Å². The van der Waals surface area contributed by atoms with Crippen LogP contribution in [0.25, 0.3) is 12.2 Å². The van der Waals surface area contributed by atoms with E-state index in [1.165, 1.54) is 0 Å². The van der Waals surface area contributed by atoms with Gasteiger partial charge < -0.3 is 9.84 Å². The highest BCUT2D eigenvalue weighted by atomic mass is 35.5. The van der Waals surface area contributed by atoms with Gasteiger partial charge in [-0.05, 0) is 35.4 Å². The average molecular weight is 287 g/mol. The molecule has 0 saturated heterocycles. The summed E-state index contributed by atoms with van der Waals surface area (Å²) in [5.74, 6) is -0.485. The molecule has 2 aromatic carbocycles. The summed E-state index contributed by atoms with van der Waals surface area (Å²) in [6.45, 7) is 0. The number of aliphatic hydroxyl groups is 1. The van der Waals surface area contributed by atoms with Gasteiger partial charge in [-0.25, -0.2) is 4.79 Å². The highest BCUT2D eigenvalue weighted by molar-refractivity contribution is 6.30. The third-order valence-corrected chi connectivity index (χ3v) is 3.37. The quantitative estimate of drug-likeness (QED) is 0.677. The third kappa shape index (κ3) is 2.46. The monoisotopic (exact) mass is 286 g/mol. The Kier molecular flexibility index (Phi) is 3.30. The number of carbonyl (C=O) groups is 1. The van der Waals surface area contributed by atoms with Crippen molar-refractivity contribution in [3.05, 3.63) is 69.7 Å². The van der Waals surface area contributed by atoms with Gasteiger partial charge >= 0.3 is 5.97 Å². The largest absolute Gasteiger partial charge is 0.428 e. The smallest absolute Gasteiger partial charge is 0.341 e. The zero-order valence-electron chi connectivity index (χ0n) is 10.4. The number of hydrogen-bond donors (Lipinski definition) is 1. The highest BCUT2D eigenvalue weighted by Crippen LogP contribution is 2.29. The number of hydrogen-bond acceptors (Lipinski definition) is 3. The summed E-state index contributed by atoms with van der Waals surface area (Å²) < 4.78 is 4.74. The second-order valence-electron chi connectivity index (χ2n) is 4.49. The molecular weight excluding hydrogens is 276 g/mol. The maximum Gasteiger partial charge on any atom is 0.341 e. The summed E-state index contributed by atoms with van der Waals surface area (Å²) in [5, 5.41) is 10.3. The summed E-state index contributed by atoms with van der Waals surface area (Å²) in [5.41, 5.74) is 2.83. The van der Waals surface area contributed by atoms with E-state index in [1.807, 2.05) is 42.5 Å². The van der Waals surface area contributed by atoms with Gasteiger partial charge in [-0.1, -0.05) is 42.0 Å². The second kappa shape index (κ2) is 5.12. The Hall–Kier alpha value is -2.10. The van der Waals surface area contributed by atoms with Crippen molar-refractivity contribution in [2.45, 2.75) is 6.29 Å². The lowest BCUT2D eigenvalue weighted by molar-refractivity contribution is -0.0547. The van der Waals surface area contributed by atoms with Crippen molar-refractivity contribution in [3.8, 4) is 0 Å². The van der Waals surface area contributed by atoms with Crippen molar-refractivity contribution >= 4 is 29.7 Å². The topological polar surface area (TPSA) is 46.5 Å². The van der Waals surface area contributed by atoms with E-state index in [-0.39, 0.29) is 0 Å². The van der Waals surface area contributed by atoms with Crippen molar-refractivity contribution in [2.24, 2.45) is 0 Å². The van der Waals surface area contributed by atoms with Crippen LogP contribution >= 0.6 is 11.6 Å². The molecule has 1 unspecified atom stereocenters. The van der Waals surface area contributed by atoms with Crippen molar-refractivity contribution in [1.82, 2.24) is 0 Å². The Balaban J connectivity index is 1.87. The Bertz CT molecular complexity index is 689. The van der Waals surface area contributed by atoms with Gasteiger partial charge in [0.05, 0.1) is 5.56 Å². The first-order chi connectivity index (χ1) is 9.63.